The summed E-state index contributed by atoms with van der Waals surface area (Å²) in [4.78, 5) is 12.4. The summed E-state index contributed by atoms with van der Waals surface area (Å²) < 4.78 is 0. The average Bonchev–Trinajstić information content (AvgIpc) is 2.89. The van der Waals surface area contributed by atoms with Crippen molar-refractivity contribution in [3.8, 4) is 0 Å². The number of benzene rings is 1. The van der Waals surface area contributed by atoms with Crippen molar-refractivity contribution in [2.24, 2.45) is 0 Å². The van der Waals surface area contributed by atoms with Crippen LogP contribution in [-0.4, -0.2) is 12.5 Å². The molecule has 1 unspecified atom stereocenters. The Morgan fingerprint density at radius 3 is 2.74 bits per heavy atom. The molecule has 1 aromatic heterocycles. The van der Waals surface area contributed by atoms with Crippen molar-refractivity contribution in [2.45, 2.75) is 12.5 Å². The molecule has 2 aromatic rings. The molecule has 0 saturated heterocycles. The zero-order chi connectivity index (χ0) is 13.7. The predicted molar refractivity (Wildman–Crippen MR) is 75.2 cm³/mol. The van der Waals surface area contributed by atoms with Crippen LogP contribution in [0.2, 0.25) is 5.02 Å². The van der Waals surface area contributed by atoms with Crippen molar-refractivity contribution >= 4 is 28.9 Å². The predicted octanol–water partition coefficient (Wildman–Crippen LogP) is 2.02. The Labute approximate surface area is 120 Å². The van der Waals surface area contributed by atoms with Gasteiger partial charge >= 0.3 is 0 Å². The Morgan fingerprint density at radius 1 is 1.32 bits per heavy atom. The summed E-state index contributed by atoms with van der Waals surface area (Å²) in [7, 11) is 0. The third kappa shape index (κ3) is 3.80. The molecule has 1 heterocycles. The van der Waals surface area contributed by atoms with Crippen LogP contribution in [0, 0.1) is 0 Å². The molecule has 0 saturated carbocycles. The van der Waals surface area contributed by atoms with E-state index >= 15 is 0 Å². The lowest BCUT2D eigenvalue weighted by Gasteiger charge is -2.21. The summed E-state index contributed by atoms with van der Waals surface area (Å²) in [6.07, 6.45) is 0.784. The first kappa shape index (κ1) is 14.1. The second-order valence-corrected chi connectivity index (χ2v) is 5.50. The summed E-state index contributed by atoms with van der Waals surface area (Å²) in [5.41, 5.74) is 0.537. The maximum absolute atomic E-state index is 11.2. The van der Waals surface area contributed by atoms with E-state index in [1.807, 2.05) is 17.5 Å². The average molecular weight is 295 g/mol. The van der Waals surface area contributed by atoms with E-state index in [0.29, 0.717) is 17.1 Å². The highest BCUT2D eigenvalue weighted by Gasteiger charge is 2.14. The molecule has 19 heavy (non-hydrogen) atoms. The van der Waals surface area contributed by atoms with Crippen LogP contribution >= 0.6 is 22.9 Å². The summed E-state index contributed by atoms with van der Waals surface area (Å²) in [6, 6.07) is 10.0. The van der Waals surface area contributed by atoms with Gasteiger partial charge in [0.1, 0.15) is 0 Å². The Hall–Kier alpha value is -1.36. The number of hydrogen-bond donors (Lipinski definition) is 1. The zero-order valence-corrected chi connectivity index (χ0v) is 11.7. The van der Waals surface area contributed by atoms with Gasteiger partial charge in [-0.3, -0.25) is 0 Å². The number of aliphatic carboxylic acids is 1. The molecule has 0 fully saturated rings. The molecule has 0 aliphatic carbocycles. The van der Waals surface area contributed by atoms with E-state index in [4.69, 9.17) is 11.6 Å². The van der Waals surface area contributed by atoms with E-state index in [1.54, 1.807) is 35.6 Å². The molecule has 0 spiro atoms. The third-order valence-electron chi connectivity index (χ3n) is 2.75. The van der Waals surface area contributed by atoms with Gasteiger partial charge in [0.15, 0.2) is 0 Å². The summed E-state index contributed by atoms with van der Waals surface area (Å²) in [5.74, 6) is -1.17. The fraction of sp³-hybridized carbons (Fsp3) is 0.214. The van der Waals surface area contributed by atoms with Crippen LogP contribution in [0.15, 0.2) is 41.8 Å². The smallest absolute Gasteiger partial charge is 0.0738 e. The van der Waals surface area contributed by atoms with E-state index in [0.717, 1.165) is 6.42 Å². The van der Waals surface area contributed by atoms with Crippen LogP contribution in [0.1, 0.15) is 16.5 Å². The Bertz CT molecular complexity index is 542. The minimum atomic E-state index is -1.17. The number of carbonyl (C=O) groups excluding carboxylic acids is 1. The van der Waals surface area contributed by atoms with Crippen LogP contribution in [-0.2, 0) is 11.2 Å². The highest BCUT2D eigenvalue weighted by molar-refractivity contribution is 7.09. The molecule has 0 amide bonds. The van der Waals surface area contributed by atoms with Gasteiger partial charge < -0.3 is 15.2 Å². The van der Waals surface area contributed by atoms with Crippen LogP contribution in [0.5, 0.6) is 0 Å². The van der Waals surface area contributed by atoms with Crippen molar-refractivity contribution < 1.29 is 9.90 Å². The second kappa shape index (κ2) is 6.70. The Kier molecular flexibility index (Phi) is 4.96. The molecule has 2 rings (SSSR count). The maximum Gasteiger partial charge on any atom is 0.0738 e. The molecule has 5 heteroatoms. The number of carbonyl (C=O) groups is 1. The Morgan fingerprint density at radius 2 is 2.11 bits per heavy atom. The lowest BCUT2D eigenvalue weighted by atomic mass is 10.1. The van der Waals surface area contributed by atoms with Crippen molar-refractivity contribution in [2.75, 3.05) is 6.54 Å². The number of carboxylic acids is 1. The van der Waals surface area contributed by atoms with Gasteiger partial charge in [0.05, 0.1) is 12.0 Å². The minimum Gasteiger partial charge on any atom is -0.548 e. The van der Waals surface area contributed by atoms with Crippen LogP contribution in [0.25, 0.3) is 0 Å². The second-order valence-electron chi connectivity index (χ2n) is 4.06. The van der Waals surface area contributed by atoms with E-state index in [1.165, 1.54) is 4.88 Å². The molecule has 0 bridgehead atoms. The molecule has 0 aliphatic rings. The fourth-order valence-corrected chi connectivity index (χ4v) is 2.78. The molecule has 3 nitrogen and oxygen atoms in total. The molecule has 1 atom stereocenters. The van der Waals surface area contributed by atoms with Gasteiger partial charge in [-0.05, 0) is 29.5 Å². The summed E-state index contributed by atoms with van der Waals surface area (Å²) in [5, 5.41) is 16.6. The first-order valence-corrected chi connectivity index (χ1v) is 7.15. The van der Waals surface area contributed by atoms with Crippen molar-refractivity contribution in [3.63, 3.8) is 0 Å². The molecule has 0 radical (unpaired) electrons. The minimum absolute atomic E-state index is 0.431. The highest BCUT2D eigenvalue weighted by atomic mass is 35.5. The molecule has 0 aliphatic heterocycles. The zero-order valence-electron chi connectivity index (χ0n) is 10.1. The van der Waals surface area contributed by atoms with E-state index in [9.17, 15) is 9.90 Å². The molecule has 100 valence electrons. The van der Waals surface area contributed by atoms with E-state index in [2.05, 4.69) is 5.32 Å². The monoisotopic (exact) mass is 294 g/mol. The number of carboxylic acid groups (broad SMARTS) is 1. The van der Waals surface area contributed by atoms with E-state index < -0.39 is 12.0 Å². The van der Waals surface area contributed by atoms with Crippen molar-refractivity contribution in [3.05, 3.63) is 57.2 Å². The van der Waals surface area contributed by atoms with Crippen molar-refractivity contribution in [1.29, 1.82) is 0 Å². The summed E-state index contributed by atoms with van der Waals surface area (Å²) >= 11 is 7.67. The number of nitrogens with one attached hydrogen (secondary N) is 1. The lowest BCUT2D eigenvalue weighted by molar-refractivity contribution is -0.308. The van der Waals surface area contributed by atoms with Crippen LogP contribution in [0.4, 0.5) is 0 Å². The van der Waals surface area contributed by atoms with Gasteiger partial charge in [-0.25, -0.2) is 0 Å². The number of halogens is 1. The van der Waals surface area contributed by atoms with Gasteiger partial charge in [0, 0.05) is 16.4 Å². The summed E-state index contributed by atoms with van der Waals surface area (Å²) in [6.45, 7) is 0.560. The Balaban J connectivity index is 2.01. The normalized spacial score (nSPS) is 12.3. The van der Waals surface area contributed by atoms with Gasteiger partial charge in [-0.2, -0.15) is 0 Å². The quantitative estimate of drug-likeness (QED) is 0.887. The van der Waals surface area contributed by atoms with Gasteiger partial charge in [-0.1, -0.05) is 35.9 Å². The number of rotatable bonds is 6. The SMILES string of the molecule is O=C([O-])C(NCCc1cccs1)c1ccccc1Cl. The van der Waals surface area contributed by atoms with Gasteiger partial charge in [-0.15, -0.1) is 11.3 Å². The number of thiophene rings is 1. The third-order valence-corrected chi connectivity index (χ3v) is 4.03. The highest BCUT2D eigenvalue weighted by Crippen LogP contribution is 2.22. The van der Waals surface area contributed by atoms with E-state index in [-0.39, 0.29) is 0 Å². The van der Waals surface area contributed by atoms with Crippen LogP contribution < -0.4 is 10.4 Å². The fourth-order valence-electron chi connectivity index (χ4n) is 1.82. The largest absolute Gasteiger partial charge is 0.548 e. The molecular weight excluding hydrogens is 282 g/mol. The molecule has 1 aromatic carbocycles. The number of hydrogen-bond acceptors (Lipinski definition) is 4. The topological polar surface area (TPSA) is 52.2 Å². The molecule has 1 N–H and O–H groups in total. The lowest BCUT2D eigenvalue weighted by Crippen LogP contribution is -2.39. The molecular formula is C14H13ClNO2S-. The first-order valence-electron chi connectivity index (χ1n) is 5.89. The van der Waals surface area contributed by atoms with Crippen molar-refractivity contribution in [1.82, 2.24) is 5.32 Å². The van der Waals surface area contributed by atoms with Crippen LogP contribution in [0.3, 0.4) is 0 Å². The van der Waals surface area contributed by atoms with Gasteiger partial charge in [0.25, 0.3) is 0 Å². The van der Waals surface area contributed by atoms with Gasteiger partial charge in [0.2, 0.25) is 0 Å². The maximum atomic E-state index is 11.2. The first-order chi connectivity index (χ1) is 9.18. The standard InChI is InChI=1S/C14H14ClNO2S/c15-12-6-2-1-5-11(12)13(14(17)18)16-8-7-10-4-3-9-19-10/h1-6,9,13,16H,7-8H2,(H,17,18)/p-1.